The molecule has 158 valence electrons. The molecule has 0 saturated carbocycles. The van der Waals surface area contributed by atoms with Crippen molar-refractivity contribution in [3.8, 4) is 0 Å². The first-order valence-corrected chi connectivity index (χ1v) is 11.8. The summed E-state index contributed by atoms with van der Waals surface area (Å²) in [6.45, 7) is 1.62. The van der Waals surface area contributed by atoms with Gasteiger partial charge in [0.05, 0.1) is 12.1 Å². The van der Waals surface area contributed by atoms with Gasteiger partial charge in [-0.15, -0.1) is 11.3 Å². The minimum Gasteiger partial charge on any atom is -0.369 e. The van der Waals surface area contributed by atoms with Gasteiger partial charge in [-0.05, 0) is 18.6 Å². The molecule has 2 aromatic heterocycles. The van der Waals surface area contributed by atoms with E-state index in [2.05, 4.69) is 9.97 Å². The Kier molecular flexibility index (Phi) is 5.47. The number of hydrogen-bond donors (Lipinski definition) is 2. The number of Topliss-reactive ketones (excluding diaryl/α,β-unsaturated/α-hetero) is 1. The quantitative estimate of drug-likeness (QED) is 0.415. The number of nitrogens with zero attached hydrogens (tertiary/aromatic N) is 1. The van der Waals surface area contributed by atoms with Crippen LogP contribution in [-0.2, 0) is 21.1 Å². The number of fused-ring (bicyclic) bond motifs is 1. The first kappa shape index (κ1) is 21.0. The van der Waals surface area contributed by atoms with E-state index in [-0.39, 0.29) is 10.8 Å². The number of ketones is 1. The summed E-state index contributed by atoms with van der Waals surface area (Å²) in [5.41, 5.74) is 7.05. The van der Waals surface area contributed by atoms with Crippen LogP contribution in [0.1, 0.15) is 31.7 Å². The second-order valence-corrected chi connectivity index (χ2v) is 10.4. The summed E-state index contributed by atoms with van der Waals surface area (Å²) in [5.74, 6) is -1.13. The summed E-state index contributed by atoms with van der Waals surface area (Å²) in [6.07, 6.45) is 1.43. The van der Waals surface area contributed by atoms with E-state index in [1.54, 1.807) is 49.4 Å². The third-order valence-electron chi connectivity index (χ3n) is 4.96. The highest BCUT2D eigenvalue weighted by atomic mass is 32.2. The normalized spacial score (nSPS) is 12.7. The van der Waals surface area contributed by atoms with Crippen molar-refractivity contribution in [2.24, 2.45) is 5.73 Å². The fourth-order valence-corrected chi connectivity index (χ4v) is 6.71. The predicted molar refractivity (Wildman–Crippen MR) is 119 cm³/mol. The zero-order valence-corrected chi connectivity index (χ0v) is 18.2. The Morgan fingerprint density at radius 2 is 1.77 bits per heavy atom. The van der Waals surface area contributed by atoms with Crippen molar-refractivity contribution in [2.75, 3.05) is 0 Å². The van der Waals surface area contributed by atoms with Crippen LogP contribution in [0.15, 0.2) is 65.1 Å². The zero-order chi connectivity index (χ0) is 22.2. The van der Waals surface area contributed by atoms with E-state index in [9.17, 15) is 18.0 Å². The minimum absolute atomic E-state index is 0.106. The van der Waals surface area contributed by atoms with E-state index >= 15 is 0 Å². The maximum absolute atomic E-state index is 13.7. The number of nitrogens with two attached hydrogens (primary N) is 1. The summed E-state index contributed by atoms with van der Waals surface area (Å²) in [6, 6.07) is 15.6. The van der Waals surface area contributed by atoms with Gasteiger partial charge in [0.15, 0.2) is 11.0 Å². The average Bonchev–Trinajstić information content (AvgIpc) is 3.32. The Hall–Kier alpha value is -3.30. The molecule has 3 N–H and O–H groups in total. The first-order valence-electron chi connectivity index (χ1n) is 9.43. The van der Waals surface area contributed by atoms with E-state index in [0.717, 1.165) is 16.9 Å². The number of nitrogens with one attached hydrogen (secondary N) is 1. The van der Waals surface area contributed by atoms with E-state index in [4.69, 9.17) is 5.73 Å². The van der Waals surface area contributed by atoms with Gasteiger partial charge in [-0.25, -0.2) is 13.4 Å². The van der Waals surface area contributed by atoms with E-state index in [0.29, 0.717) is 27.1 Å². The van der Waals surface area contributed by atoms with Crippen LogP contribution in [0.5, 0.6) is 0 Å². The van der Waals surface area contributed by atoms with Crippen LogP contribution >= 0.6 is 11.3 Å². The molecule has 4 aromatic rings. The van der Waals surface area contributed by atoms with Gasteiger partial charge in [-0.2, -0.15) is 0 Å². The van der Waals surface area contributed by atoms with Crippen molar-refractivity contribution in [1.29, 1.82) is 0 Å². The van der Waals surface area contributed by atoms with Crippen molar-refractivity contribution in [1.82, 2.24) is 9.97 Å². The number of aromatic nitrogens is 2. The first-order chi connectivity index (χ1) is 14.8. The molecule has 31 heavy (non-hydrogen) atoms. The lowest BCUT2D eigenvalue weighted by atomic mass is 10.0. The molecule has 4 rings (SSSR count). The number of aryl methyl sites for hydroxylation is 1. The summed E-state index contributed by atoms with van der Waals surface area (Å²) in [4.78, 5) is 32.6. The number of thiazole rings is 1. The van der Waals surface area contributed by atoms with Crippen LogP contribution in [-0.4, -0.2) is 30.1 Å². The second kappa shape index (κ2) is 8.09. The molecule has 0 saturated heterocycles. The Morgan fingerprint density at radius 3 is 2.48 bits per heavy atom. The second-order valence-electron chi connectivity index (χ2n) is 7.08. The molecule has 2 heterocycles. The van der Waals surface area contributed by atoms with Gasteiger partial charge >= 0.3 is 0 Å². The van der Waals surface area contributed by atoms with Gasteiger partial charge in [0, 0.05) is 27.5 Å². The third kappa shape index (κ3) is 3.89. The van der Waals surface area contributed by atoms with Gasteiger partial charge in [-0.3, -0.25) is 9.59 Å². The number of hydrogen-bond acceptors (Lipinski definition) is 6. The number of sulfone groups is 1. The Labute approximate surface area is 182 Å². The molecule has 0 aliphatic rings. The molecular formula is C22H19N3O4S2. The number of aromatic amines is 1. The van der Waals surface area contributed by atoms with Gasteiger partial charge in [0.2, 0.25) is 20.1 Å². The third-order valence-corrected chi connectivity index (χ3v) is 8.54. The molecule has 0 radical (unpaired) electrons. The van der Waals surface area contributed by atoms with Crippen LogP contribution in [0, 0.1) is 6.92 Å². The maximum Gasteiger partial charge on any atom is 0.222 e. The Bertz CT molecular complexity index is 1390. The molecular weight excluding hydrogens is 434 g/mol. The van der Waals surface area contributed by atoms with Crippen molar-refractivity contribution in [3.05, 3.63) is 82.5 Å². The van der Waals surface area contributed by atoms with Gasteiger partial charge in [0.1, 0.15) is 0 Å². The minimum atomic E-state index is -4.19. The molecule has 1 unspecified atom stereocenters. The molecule has 0 spiro atoms. The van der Waals surface area contributed by atoms with Crippen LogP contribution < -0.4 is 5.73 Å². The molecule has 9 heteroatoms. The molecule has 0 fully saturated rings. The van der Waals surface area contributed by atoms with Crippen molar-refractivity contribution in [3.63, 3.8) is 0 Å². The lowest BCUT2D eigenvalue weighted by molar-refractivity contribution is -0.117. The van der Waals surface area contributed by atoms with Gasteiger partial charge in [0.25, 0.3) is 0 Å². The van der Waals surface area contributed by atoms with E-state index in [1.807, 2.05) is 12.1 Å². The van der Waals surface area contributed by atoms with Gasteiger partial charge < -0.3 is 10.7 Å². The van der Waals surface area contributed by atoms with E-state index < -0.39 is 26.8 Å². The number of rotatable bonds is 7. The summed E-state index contributed by atoms with van der Waals surface area (Å²) in [7, 11) is -4.19. The topological polar surface area (TPSA) is 123 Å². The molecule has 0 aliphatic heterocycles. The number of carbonyl (C=O) groups excluding carboxylic acids is 2. The lowest BCUT2D eigenvalue weighted by Gasteiger charge is -2.15. The Balaban J connectivity index is 1.86. The highest BCUT2D eigenvalue weighted by Gasteiger charge is 2.39. The number of para-hydroxylation sites is 1. The van der Waals surface area contributed by atoms with Crippen molar-refractivity contribution < 1.29 is 18.0 Å². The standard InChI is InChI=1S/C22H19N3O4S2/c1-13-18(11-19(23)26)30-22(25-13)31(28,29)21(14-7-3-2-4-8-14)20(27)16-12-24-17-10-6-5-9-15(16)17/h2-10,12,21,24H,11H2,1H3,(H2,23,26). The number of carbonyl (C=O) groups is 2. The van der Waals surface area contributed by atoms with Crippen molar-refractivity contribution in [2.45, 2.75) is 22.9 Å². The number of H-pyrrole nitrogens is 1. The summed E-state index contributed by atoms with van der Waals surface area (Å²) >= 11 is 0.876. The summed E-state index contributed by atoms with van der Waals surface area (Å²) < 4.78 is 27.1. The predicted octanol–water partition coefficient (Wildman–Crippen LogP) is 3.36. The van der Waals surface area contributed by atoms with Crippen molar-refractivity contribution >= 4 is 43.8 Å². The van der Waals surface area contributed by atoms with Crippen LogP contribution in [0.2, 0.25) is 0 Å². The molecule has 1 atom stereocenters. The average molecular weight is 454 g/mol. The maximum atomic E-state index is 13.7. The largest absolute Gasteiger partial charge is 0.369 e. The van der Waals surface area contributed by atoms with Crippen LogP contribution in [0.3, 0.4) is 0 Å². The fourth-order valence-electron chi connectivity index (χ4n) is 3.46. The smallest absolute Gasteiger partial charge is 0.222 e. The monoisotopic (exact) mass is 453 g/mol. The highest BCUT2D eigenvalue weighted by Crippen LogP contribution is 2.36. The molecule has 7 nitrogen and oxygen atoms in total. The van der Waals surface area contributed by atoms with Crippen LogP contribution in [0.4, 0.5) is 0 Å². The number of primary amides is 1. The zero-order valence-electron chi connectivity index (χ0n) is 16.5. The van der Waals surface area contributed by atoms with Gasteiger partial charge in [-0.1, -0.05) is 48.5 Å². The van der Waals surface area contributed by atoms with Crippen LogP contribution in [0.25, 0.3) is 10.9 Å². The number of benzene rings is 2. The molecule has 2 aromatic carbocycles. The summed E-state index contributed by atoms with van der Waals surface area (Å²) in [5, 5.41) is -0.826. The van der Waals surface area contributed by atoms with E-state index in [1.165, 1.54) is 6.20 Å². The lowest BCUT2D eigenvalue weighted by Crippen LogP contribution is -2.23. The molecule has 1 amide bonds. The highest BCUT2D eigenvalue weighted by molar-refractivity contribution is 7.94. The number of amides is 1. The molecule has 0 aliphatic carbocycles. The fraction of sp³-hybridized carbons (Fsp3) is 0.136. The molecule has 0 bridgehead atoms. The SMILES string of the molecule is Cc1nc(S(=O)(=O)C(C(=O)c2c[nH]c3ccccc23)c2ccccc2)sc1CC(N)=O. The Morgan fingerprint density at radius 1 is 1.10 bits per heavy atom.